The zero-order valence-electron chi connectivity index (χ0n) is 26.5. The average molecular weight is 580 g/mol. The number of hydrogen-bond donors (Lipinski definition) is 1. The zero-order valence-corrected chi connectivity index (χ0v) is 27.5. The Bertz CT molecular complexity index is 1330. The second-order valence-corrected chi connectivity index (χ2v) is 17.2. The molecule has 0 aliphatic carbocycles. The SMILES string of the molecule is CC(C)N(CCC(c1ccccc1)c1cc(CO)ccc1O[Si](c1ccccc1)(c1ccccc1)C(C)(C)C)C(C)C. The van der Waals surface area contributed by atoms with Crippen LogP contribution in [0.1, 0.15) is 77.5 Å². The highest BCUT2D eigenvalue weighted by molar-refractivity contribution is 7.00. The number of benzene rings is 4. The van der Waals surface area contributed by atoms with E-state index in [1.165, 1.54) is 15.9 Å². The molecule has 222 valence electrons. The summed E-state index contributed by atoms with van der Waals surface area (Å²) in [6.07, 6.45) is 0.951. The van der Waals surface area contributed by atoms with Crippen LogP contribution in [0.25, 0.3) is 0 Å². The van der Waals surface area contributed by atoms with Gasteiger partial charge in [-0.3, -0.25) is 4.90 Å². The first-order chi connectivity index (χ1) is 20.1. The Hall–Kier alpha value is -3.18. The van der Waals surface area contributed by atoms with Gasteiger partial charge in [-0.05, 0) is 79.3 Å². The molecule has 1 unspecified atom stereocenters. The lowest BCUT2D eigenvalue weighted by Gasteiger charge is -2.43. The lowest BCUT2D eigenvalue weighted by Crippen LogP contribution is -2.69. The molecule has 42 heavy (non-hydrogen) atoms. The van der Waals surface area contributed by atoms with Crippen LogP contribution in [0.3, 0.4) is 0 Å². The Morgan fingerprint density at radius 2 is 1.21 bits per heavy atom. The standard InChI is InChI=1S/C38H49NO2Si/c1-29(2)39(30(3)4)26-25-35(32-17-11-8-12-18-32)36-27-31(28-40)23-24-37(36)41-42(38(5,6)7,33-19-13-9-14-20-33)34-21-15-10-16-22-34/h8-24,27,29-30,35,40H,25-26,28H2,1-7H3. The number of hydrogen-bond acceptors (Lipinski definition) is 3. The summed E-state index contributed by atoms with van der Waals surface area (Å²) in [4.78, 5) is 2.56. The van der Waals surface area contributed by atoms with Crippen LogP contribution in [-0.4, -0.2) is 37.0 Å². The van der Waals surface area contributed by atoms with E-state index in [1.807, 2.05) is 6.07 Å². The van der Waals surface area contributed by atoms with Crippen LogP contribution < -0.4 is 14.8 Å². The maximum Gasteiger partial charge on any atom is 0.319 e. The topological polar surface area (TPSA) is 32.7 Å². The molecule has 1 atom stereocenters. The fourth-order valence-electron chi connectivity index (χ4n) is 6.45. The van der Waals surface area contributed by atoms with Gasteiger partial charge in [0, 0.05) is 23.6 Å². The number of rotatable bonds is 12. The first-order valence-corrected chi connectivity index (χ1v) is 17.3. The molecule has 0 saturated heterocycles. The molecule has 0 fully saturated rings. The molecule has 0 aromatic heterocycles. The fraction of sp³-hybridized carbons (Fsp3) is 0.368. The molecule has 3 nitrogen and oxygen atoms in total. The van der Waals surface area contributed by atoms with Crippen LogP contribution in [0.2, 0.25) is 5.04 Å². The quantitative estimate of drug-likeness (QED) is 0.174. The Kier molecular flexibility index (Phi) is 10.5. The molecule has 0 saturated carbocycles. The molecule has 0 bridgehead atoms. The van der Waals surface area contributed by atoms with Gasteiger partial charge in [0.25, 0.3) is 0 Å². The second kappa shape index (κ2) is 13.9. The highest BCUT2D eigenvalue weighted by atomic mass is 28.4. The molecule has 0 spiro atoms. The van der Waals surface area contributed by atoms with Crippen LogP contribution in [0.5, 0.6) is 5.75 Å². The van der Waals surface area contributed by atoms with Crippen molar-refractivity contribution < 1.29 is 9.53 Å². The van der Waals surface area contributed by atoms with Gasteiger partial charge in [0.1, 0.15) is 5.75 Å². The van der Waals surface area contributed by atoms with Crippen LogP contribution in [0, 0.1) is 0 Å². The van der Waals surface area contributed by atoms with Gasteiger partial charge >= 0.3 is 8.32 Å². The minimum Gasteiger partial charge on any atom is -0.534 e. The zero-order chi connectivity index (χ0) is 30.3. The summed E-state index contributed by atoms with van der Waals surface area (Å²) >= 11 is 0. The number of aliphatic hydroxyl groups is 1. The minimum absolute atomic E-state index is 0.00187. The maximum absolute atomic E-state index is 10.2. The lowest BCUT2D eigenvalue weighted by molar-refractivity contribution is 0.170. The maximum atomic E-state index is 10.2. The number of aliphatic hydroxyl groups excluding tert-OH is 1. The van der Waals surface area contributed by atoms with Gasteiger partial charge in [-0.2, -0.15) is 0 Å². The molecule has 0 radical (unpaired) electrons. The van der Waals surface area contributed by atoms with E-state index in [4.69, 9.17) is 4.43 Å². The largest absolute Gasteiger partial charge is 0.534 e. The highest BCUT2D eigenvalue weighted by Gasteiger charge is 2.52. The van der Waals surface area contributed by atoms with E-state index in [-0.39, 0.29) is 17.6 Å². The lowest BCUT2D eigenvalue weighted by atomic mass is 9.86. The molecule has 0 amide bonds. The van der Waals surface area contributed by atoms with Crippen molar-refractivity contribution in [2.75, 3.05) is 6.54 Å². The molecule has 4 aromatic rings. The van der Waals surface area contributed by atoms with Gasteiger partial charge in [-0.1, -0.05) is 118 Å². The van der Waals surface area contributed by atoms with Gasteiger partial charge in [0.15, 0.2) is 0 Å². The van der Waals surface area contributed by atoms with Gasteiger partial charge in [0.05, 0.1) is 6.61 Å². The van der Waals surface area contributed by atoms with Crippen molar-refractivity contribution in [3.8, 4) is 5.75 Å². The first kappa shape index (κ1) is 31.7. The Morgan fingerprint density at radius 3 is 1.67 bits per heavy atom. The predicted molar refractivity (Wildman–Crippen MR) is 180 cm³/mol. The van der Waals surface area contributed by atoms with Gasteiger partial charge < -0.3 is 9.53 Å². The number of nitrogens with zero attached hydrogens (tertiary/aromatic N) is 1. The third-order valence-electron chi connectivity index (χ3n) is 8.52. The van der Waals surface area contributed by atoms with Gasteiger partial charge in [0.2, 0.25) is 0 Å². The summed E-state index contributed by atoms with van der Waals surface area (Å²) < 4.78 is 7.62. The Labute approximate surface area is 255 Å². The van der Waals surface area contributed by atoms with Gasteiger partial charge in [-0.25, -0.2) is 0 Å². The molecule has 4 rings (SSSR count). The highest BCUT2D eigenvalue weighted by Crippen LogP contribution is 2.42. The summed E-state index contributed by atoms with van der Waals surface area (Å²) in [5, 5.41) is 12.6. The normalized spacial score (nSPS) is 13.1. The predicted octanol–water partition coefficient (Wildman–Crippen LogP) is 7.76. The average Bonchev–Trinajstić information content (AvgIpc) is 2.98. The van der Waals surface area contributed by atoms with E-state index in [0.717, 1.165) is 29.8 Å². The summed E-state index contributed by atoms with van der Waals surface area (Å²) in [6, 6.07) is 39.7. The molecule has 4 heteroatoms. The minimum atomic E-state index is -2.85. The molecular weight excluding hydrogens is 531 g/mol. The molecule has 0 aliphatic rings. The van der Waals surface area contributed by atoms with Crippen LogP contribution in [0.4, 0.5) is 0 Å². The van der Waals surface area contributed by atoms with Crippen LogP contribution in [-0.2, 0) is 6.61 Å². The van der Waals surface area contributed by atoms with Crippen molar-refractivity contribution in [3.63, 3.8) is 0 Å². The van der Waals surface area contributed by atoms with Crippen LogP contribution >= 0.6 is 0 Å². The molecule has 1 N–H and O–H groups in total. The molecule has 0 aliphatic heterocycles. The van der Waals surface area contributed by atoms with E-state index in [1.54, 1.807) is 0 Å². The van der Waals surface area contributed by atoms with E-state index in [2.05, 4.69) is 156 Å². The Balaban J connectivity index is 1.93. The molecular formula is C38H49NO2Si. The first-order valence-electron chi connectivity index (χ1n) is 15.4. The van der Waals surface area contributed by atoms with Crippen LogP contribution in [0.15, 0.2) is 109 Å². The van der Waals surface area contributed by atoms with Crippen molar-refractivity contribution in [2.24, 2.45) is 0 Å². The monoisotopic (exact) mass is 579 g/mol. The van der Waals surface area contributed by atoms with Gasteiger partial charge in [-0.15, -0.1) is 0 Å². The van der Waals surface area contributed by atoms with Crippen molar-refractivity contribution in [3.05, 3.63) is 126 Å². The van der Waals surface area contributed by atoms with Crippen molar-refractivity contribution >= 4 is 18.7 Å². The van der Waals surface area contributed by atoms with E-state index < -0.39 is 8.32 Å². The Morgan fingerprint density at radius 1 is 0.714 bits per heavy atom. The third-order valence-corrected chi connectivity index (χ3v) is 13.4. The van der Waals surface area contributed by atoms with Crippen molar-refractivity contribution in [1.29, 1.82) is 0 Å². The summed E-state index contributed by atoms with van der Waals surface area (Å²) in [5.41, 5.74) is 3.32. The molecule has 0 heterocycles. The van der Waals surface area contributed by atoms with Crippen molar-refractivity contribution in [1.82, 2.24) is 4.90 Å². The van der Waals surface area contributed by atoms with E-state index in [0.29, 0.717) is 12.1 Å². The molecule has 4 aromatic carbocycles. The second-order valence-electron chi connectivity index (χ2n) is 13.0. The fourth-order valence-corrected chi connectivity index (χ4v) is 10.9. The summed E-state index contributed by atoms with van der Waals surface area (Å²) in [6.45, 7) is 17.0. The van der Waals surface area contributed by atoms with E-state index >= 15 is 0 Å². The summed E-state index contributed by atoms with van der Waals surface area (Å²) in [7, 11) is -2.85. The van der Waals surface area contributed by atoms with Crippen molar-refractivity contribution in [2.45, 2.75) is 84.5 Å². The summed E-state index contributed by atoms with van der Waals surface area (Å²) in [5.74, 6) is 1.03. The van der Waals surface area contributed by atoms with E-state index in [9.17, 15) is 5.11 Å². The smallest absolute Gasteiger partial charge is 0.319 e. The third kappa shape index (κ3) is 6.89.